The minimum absolute atomic E-state index is 0.382. The first-order valence-corrected chi connectivity index (χ1v) is 5.34. The van der Waals surface area contributed by atoms with Gasteiger partial charge in [0.15, 0.2) is 5.82 Å². The third kappa shape index (κ3) is 2.82. The van der Waals surface area contributed by atoms with E-state index in [4.69, 9.17) is 9.26 Å². The van der Waals surface area contributed by atoms with Gasteiger partial charge in [-0.15, -0.1) is 0 Å². The maximum absolute atomic E-state index is 9.23. The van der Waals surface area contributed by atoms with Crippen LogP contribution < -0.4 is 4.74 Å². The monoisotopic (exact) mass is 234 g/mol. The van der Waals surface area contributed by atoms with Crippen molar-refractivity contribution in [3.63, 3.8) is 0 Å². The van der Waals surface area contributed by atoms with Crippen molar-refractivity contribution in [2.75, 3.05) is 7.11 Å². The normalized spacial score (nSPS) is 12.4. The van der Waals surface area contributed by atoms with E-state index in [9.17, 15) is 5.11 Å². The highest BCUT2D eigenvalue weighted by atomic mass is 16.5. The number of hydrogen-bond donors (Lipinski definition) is 1. The molecular weight excluding hydrogens is 220 g/mol. The molecule has 1 atom stereocenters. The van der Waals surface area contributed by atoms with Crippen LogP contribution in [0, 0.1) is 0 Å². The Morgan fingerprint density at radius 2 is 2.29 bits per heavy atom. The number of methoxy groups -OCH3 is 1. The van der Waals surface area contributed by atoms with Gasteiger partial charge < -0.3 is 14.4 Å². The molecule has 0 spiro atoms. The molecule has 2 aromatic rings. The summed E-state index contributed by atoms with van der Waals surface area (Å²) in [5.41, 5.74) is 0.800. The predicted octanol–water partition coefficient (Wildman–Crippen LogP) is 1.67. The predicted molar refractivity (Wildman–Crippen MR) is 61.7 cm³/mol. The highest BCUT2D eigenvalue weighted by molar-refractivity contribution is 5.55. The summed E-state index contributed by atoms with van der Waals surface area (Å²) in [6.07, 6.45) is -0.0984. The molecule has 1 unspecified atom stereocenters. The second-order valence-electron chi connectivity index (χ2n) is 3.80. The van der Waals surface area contributed by atoms with Gasteiger partial charge >= 0.3 is 0 Å². The van der Waals surface area contributed by atoms with Gasteiger partial charge in [0.2, 0.25) is 0 Å². The molecule has 17 heavy (non-hydrogen) atoms. The van der Waals surface area contributed by atoms with Crippen molar-refractivity contribution in [2.45, 2.75) is 19.4 Å². The molecule has 0 fully saturated rings. The highest BCUT2D eigenvalue weighted by Crippen LogP contribution is 2.22. The van der Waals surface area contributed by atoms with Gasteiger partial charge in [-0.1, -0.05) is 11.2 Å². The van der Waals surface area contributed by atoms with Gasteiger partial charge in [0.25, 0.3) is 5.89 Å². The molecule has 0 amide bonds. The standard InChI is InChI=1S/C12H14N2O3/c1-8(15)6-11-13-12(17-14-11)9-4-3-5-10(7-9)16-2/h3-5,7-8,15H,6H2,1-2H3. The van der Waals surface area contributed by atoms with Gasteiger partial charge in [0, 0.05) is 12.0 Å². The lowest BCUT2D eigenvalue weighted by atomic mass is 10.2. The van der Waals surface area contributed by atoms with Crippen molar-refractivity contribution in [1.29, 1.82) is 0 Å². The van der Waals surface area contributed by atoms with E-state index in [1.807, 2.05) is 24.3 Å². The average molecular weight is 234 g/mol. The Labute approximate surface area is 99.0 Å². The third-order valence-corrected chi connectivity index (χ3v) is 2.26. The number of benzene rings is 1. The molecule has 1 aromatic carbocycles. The Balaban J connectivity index is 2.24. The van der Waals surface area contributed by atoms with Gasteiger partial charge in [0.1, 0.15) is 5.75 Å². The van der Waals surface area contributed by atoms with E-state index in [2.05, 4.69) is 10.1 Å². The molecule has 0 aliphatic rings. The Morgan fingerprint density at radius 3 is 3.00 bits per heavy atom. The SMILES string of the molecule is COc1cccc(-c2nc(CC(C)O)no2)c1. The van der Waals surface area contributed by atoms with E-state index < -0.39 is 6.10 Å². The zero-order valence-corrected chi connectivity index (χ0v) is 9.75. The number of aliphatic hydroxyl groups excluding tert-OH is 1. The largest absolute Gasteiger partial charge is 0.497 e. The Bertz CT molecular complexity index is 494. The Morgan fingerprint density at radius 1 is 1.47 bits per heavy atom. The van der Waals surface area contributed by atoms with Crippen LogP contribution >= 0.6 is 0 Å². The summed E-state index contributed by atoms with van der Waals surface area (Å²) >= 11 is 0. The number of rotatable bonds is 4. The maximum Gasteiger partial charge on any atom is 0.258 e. The van der Waals surface area contributed by atoms with E-state index in [1.54, 1.807) is 14.0 Å². The van der Waals surface area contributed by atoms with Crippen LogP contribution in [0.15, 0.2) is 28.8 Å². The van der Waals surface area contributed by atoms with Gasteiger partial charge in [-0.3, -0.25) is 0 Å². The van der Waals surface area contributed by atoms with Crippen LogP contribution in [0.3, 0.4) is 0 Å². The van der Waals surface area contributed by atoms with Crippen LogP contribution in [-0.4, -0.2) is 28.5 Å². The third-order valence-electron chi connectivity index (χ3n) is 2.26. The van der Waals surface area contributed by atoms with Crippen LogP contribution in [0.2, 0.25) is 0 Å². The lowest BCUT2D eigenvalue weighted by Gasteiger charge is -1.99. The molecule has 5 heteroatoms. The fourth-order valence-electron chi connectivity index (χ4n) is 1.47. The lowest BCUT2D eigenvalue weighted by molar-refractivity contribution is 0.191. The summed E-state index contributed by atoms with van der Waals surface area (Å²) in [5.74, 6) is 1.66. The minimum Gasteiger partial charge on any atom is -0.497 e. The van der Waals surface area contributed by atoms with Crippen molar-refractivity contribution in [2.24, 2.45) is 0 Å². The summed E-state index contributed by atoms with van der Waals surface area (Å²) in [5, 5.41) is 13.0. The number of aromatic nitrogens is 2. The smallest absolute Gasteiger partial charge is 0.258 e. The van der Waals surface area contributed by atoms with Crippen LogP contribution in [0.25, 0.3) is 11.5 Å². The summed E-state index contributed by atoms with van der Waals surface area (Å²) < 4.78 is 10.2. The molecule has 0 saturated heterocycles. The Kier molecular flexibility index (Phi) is 3.39. The molecule has 0 radical (unpaired) electrons. The molecule has 1 aromatic heterocycles. The fraction of sp³-hybridized carbons (Fsp3) is 0.333. The number of nitrogens with zero attached hydrogens (tertiary/aromatic N) is 2. The summed E-state index contributed by atoms with van der Waals surface area (Å²) in [6, 6.07) is 7.38. The zero-order chi connectivity index (χ0) is 12.3. The van der Waals surface area contributed by atoms with Crippen LogP contribution in [-0.2, 0) is 6.42 Å². The Hall–Kier alpha value is -1.88. The van der Waals surface area contributed by atoms with E-state index >= 15 is 0 Å². The molecule has 0 aliphatic carbocycles. The van der Waals surface area contributed by atoms with Gasteiger partial charge in [-0.2, -0.15) is 4.98 Å². The molecule has 2 rings (SSSR count). The molecule has 0 saturated carbocycles. The topological polar surface area (TPSA) is 68.4 Å². The summed E-state index contributed by atoms with van der Waals surface area (Å²) in [6.45, 7) is 1.68. The molecule has 5 nitrogen and oxygen atoms in total. The fourth-order valence-corrected chi connectivity index (χ4v) is 1.47. The number of aliphatic hydroxyl groups is 1. The van der Waals surface area contributed by atoms with Crippen LogP contribution in [0.5, 0.6) is 5.75 Å². The number of hydrogen-bond acceptors (Lipinski definition) is 5. The van der Waals surface area contributed by atoms with Gasteiger partial charge in [-0.05, 0) is 25.1 Å². The van der Waals surface area contributed by atoms with Crippen molar-refractivity contribution in [3.05, 3.63) is 30.1 Å². The second-order valence-corrected chi connectivity index (χ2v) is 3.80. The first-order chi connectivity index (χ1) is 8.19. The summed E-state index contributed by atoms with van der Waals surface area (Å²) in [4.78, 5) is 4.20. The maximum atomic E-state index is 9.23. The first-order valence-electron chi connectivity index (χ1n) is 5.34. The molecule has 1 heterocycles. The van der Waals surface area contributed by atoms with Crippen LogP contribution in [0.1, 0.15) is 12.7 Å². The van der Waals surface area contributed by atoms with E-state index in [0.29, 0.717) is 18.1 Å². The van der Waals surface area contributed by atoms with E-state index in [-0.39, 0.29) is 0 Å². The quantitative estimate of drug-likeness (QED) is 0.871. The molecule has 1 N–H and O–H groups in total. The minimum atomic E-state index is -0.481. The van der Waals surface area contributed by atoms with Gasteiger partial charge in [-0.25, -0.2) is 0 Å². The number of ether oxygens (including phenoxy) is 1. The van der Waals surface area contributed by atoms with Crippen molar-refractivity contribution in [1.82, 2.24) is 10.1 Å². The second kappa shape index (κ2) is 4.97. The first kappa shape index (κ1) is 11.6. The molecule has 90 valence electrons. The lowest BCUT2D eigenvalue weighted by Crippen LogP contribution is -2.05. The zero-order valence-electron chi connectivity index (χ0n) is 9.75. The van der Waals surface area contributed by atoms with E-state index in [0.717, 1.165) is 11.3 Å². The van der Waals surface area contributed by atoms with Crippen LogP contribution in [0.4, 0.5) is 0 Å². The highest BCUT2D eigenvalue weighted by Gasteiger charge is 2.10. The average Bonchev–Trinajstić information content (AvgIpc) is 2.77. The molecule has 0 bridgehead atoms. The van der Waals surface area contributed by atoms with Gasteiger partial charge in [0.05, 0.1) is 13.2 Å². The van der Waals surface area contributed by atoms with Crippen molar-refractivity contribution in [3.8, 4) is 17.2 Å². The van der Waals surface area contributed by atoms with Crippen molar-refractivity contribution < 1.29 is 14.4 Å². The molecule has 0 aliphatic heterocycles. The molecular formula is C12H14N2O3. The van der Waals surface area contributed by atoms with E-state index in [1.165, 1.54) is 0 Å². The van der Waals surface area contributed by atoms with Crippen molar-refractivity contribution >= 4 is 0 Å². The summed E-state index contributed by atoms with van der Waals surface area (Å²) in [7, 11) is 1.60.